The molecule has 0 bridgehead atoms. The minimum Gasteiger partial charge on any atom is -0.460 e. The maximum Gasteiger partial charge on any atom is 0.226 e. The van der Waals surface area contributed by atoms with Crippen molar-refractivity contribution in [1.29, 1.82) is 0 Å². The van der Waals surface area contributed by atoms with Gasteiger partial charge in [0.15, 0.2) is 5.75 Å². The summed E-state index contributed by atoms with van der Waals surface area (Å²) in [6.07, 6.45) is 5.79. The first-order valence-corrected chi connectivity index (χ1v) is 11.0. The van der Waals surface area contributed by atoms with E-state index in [0.717, 1.165) is 35.6 Å². The van der Waals surface area contributed by atoms with Crippen LogP contribution in [-0.2, 0) is 5.41 Å². The summed E-state index contributed by atoms with van der Waals surface area (Å²) in [5.41, 5.74) is 3.65. The van der Waals surface area contributed by atoms with Crippen LogP contribution in [0.25, 0.3) is 10.8 Å². The Morgan fingerprint density at radius 3 is 2.47 bits per heavy atom. The van der Waals surface area contributed by atoms with E-state index < -0.39 is 5.72 Å². The van der Waals surface area contributed by atoms with Crippen molar-refractivity contribution in [2.24, 2.45) is 4.99 Å². The summed E-state index contributed by atoms with van der Waals surface area (Å²) in [6, 6.07) is 19.3. The summed E-state index contributed by atoms with van der Waals surface area (Å²) in [7, 11) is 0. The SMILES string of the molecule is CC1(C)c2ccccc2NC12C=Nc1c(cc(N3CCCCC3)c3ccccc13)O2. The van der Waals surface area contributed by atoms with E-state index in [9.17, 15) is 0 Å². The lowest BCUT2D eigenvalue weighted by Gasteiger charge is -2.41. The molecule has 3 heterocycles. The van der Waals surface area contributed by atoms with Gasteiger partial charge in [-0.3, -0.25) is 4.99 Å². The van der Waals surface area contributed by atoms with Crippen molar-refractivity contribution >= 4 is 34.0 Å². The van der Waals surface area contributed by atoms with Gasteiger partial charge in [0, 0.05) is 41.3 Å². The number of ether oxygens (including phenoxy) is 1. The average molecular weight is 398 g/mol. The highest BCUT2D eigenvalue weighted by Crippen LogP contribution is 2.52. The van der Waals surface area contributed by atoms with Crippen LogP contribution in [0.5, 0.6) is 5.75 Å². The predicted octanol–water partition coefficient (Wildman–Crippen LogP) is 6.02. The van der Waals surface area contributed by atoms with Gasteiger partial charge in [0.25, 0.3) is 0 Å². The Kier molecular flexibility index (Phi) is 3.71. The van der Waals surface area contributed by atoms with Crippen molar-refractivity contribution in [2.45, 2.75) is 44.2 Å². The summed E-state index contributed by atoms with van der Waals surface area (Å²) in [5.74, 6) is 0.866. The average Bonchev–Trinajstić information content (AvgIpc) is 3.00. The number of nitrogens with zero attached hydrogens (tertiary/aromatic N) is 2. The molecule has 0 radical (unpaired) electrons. The number of benzene rings is 3. The van der Waals surface area contributed by atoms with E-state index >= 15 is 0 Å². The summed E-state index contributed by atoms with van der Waals surface area (Å²) < 4.78 is 6.83. The molecule has 3 aliphatic rings. The third-order valence-corrected chi connectivity index (χ3v) is 7.15. The van der Waals surface area contributed by atoms with Gasteiger partial charge in [0.1, 0.15) is 5.69 Å². The molecule has 3 aliphatic heterocycles. The topological polar surface area (TPSA) is 36.9 Å². The van der Waals surface area contributed by atoms with Crippen LogP contribution >= 0.6 is 0 Å². The van der Waals surface area contributed by atoms with E-state index in [2.05, 4.69) is 78.7 Å². The quantitative estimate of drug-likeness (QED) is 0.545. The highest BCUT2D eigenvalue weighted by Gasteiger charge is 2.55. The summed E-state index contributed by atoms with van der Waals surface area (Å²) in [6.45, 7) is 6.67. The Morgan fingerprint density at radius 2 is 1.67 bits per heavy atom. The van der Waals surface area contributed by atoms with Crippen LogP contribution in [0.3, 0.4) is 0 Å². The van der Waals surface area contributed by atoms with E-state index in [1.54, 1.807) is 0 Å². The molecule has 0 amide bonds. The number of para-hydroxylation sites is 1. The maximum atomic E-state index is 6.83. The molecule has 0 aliphatic carbocycles. The highest BCUT2D eigenvalue weighted by molar-refractivity contribution is 6.06. The third-order valence-electron chi connectivity index (χ3n) is 7.15. The van der Waals surface area contributed by atoms with Gasteiger partial charge < -0.3 is 15.0 Å². The van der Waals surface area contributed by atoms with Crippen molar-refractivity contribution < 1.29 is 4.74 Å². The second-order valence-electron chi connectivity index (χ2n) is 9.23. The molecule has 1 fully saturated rings. The van der Waals surface area contributed by atoms with Gasteiger partial charge in [-0.2, -0.15) is 0 Å². The number of rotatable bonds is 1. The van der Waals surface area contributed by atoms with Gasteiger partial charge in [-0.15, -0.1) is 0 Å². The number of piperidine rings is 1. The van der Waals surface area contributed by atoms with Gasteiger partial charge in [-0.1, -0.05) is 42.5 Å². The number of hydrogen-bond donors (Lipinski definition) is 1. The smallest absolute Gasteiger partial charge is 0.226 e. The number of nitrogens with one attached hydrogen (secondary N) is 1. The molecule has 0 saturated carbocycles. The summed E-state index contributed by atoms with van der Waals surface area (Å²) in [4.78, 5) is 7.51. The number of hydrogen-bond acceptors (Lipinski definition) is 4. The lowest BCUT2D eigenvalue weighted by Crippen LogP contribution is -2.56. The highest BCUT2D eigenvalue weighted by atomic mass is 16.5. The van der Waals surface area contributed by atoms with E-state index in [4.69, 9.17) is 9.73 Å². The second-order valence-corrected chi connectivity index (χ2v) is 9.23. The van der Waals surface area contributed by atoms with Crippen LogP contribution in [0, 0.1) is 0 Å². The molecule has 6 rings (SSSR count). The Balaban J connectivity index is 1.51. The molecule has 152 valence electrons. The van der Waals surface area contributed by atoms with E-state index in [0.29, 0.717) is 0 Å². The van der Waals surface area contributed by atoms with E-state index in [1.165, 1.54) is 35.9 Å². The molecule has 3 aromatic carbocycles. The van der Waals surface area contributed by atoms with E-state index in [-0.39, 0.29) is 5.41 Å². The van der Waals surface area contributed by atoms with Crippen molar-refractivity contribution in [1.82, 2.24) is 0 Å². The Hall–Kier alpha value is -3.01. The van der Waals surface area contributed by atoms with Crippen molar-refractivity contribution in [3.05, 3.63) is 60.2 Å². The minimum absolute atomic E-state index is 0.248. The second kappa shape index (κ2) is 6.24. The molecule has 1 saturated heterocycles. The first-order chi connectivity index (χ1) is 14.6. The van der Waals surface area contributed by atoms with Crippen LogP contribution in [0.4, 0.5) is 17.1 Å². The van der Waals surface area contributed by atoms with Crippen molar-refractivity contribution in [2.75, 3.05) is 23.3 Å². The summed E-state index contributed by atoms with van der Waals surface area (Å²) in [5, 5.41) is 6.07. The Labute approximate surface area is 177 Å². The minimum atomic E-state index is -0.689. The van der Waals surface area contributed by atoms with Crippen LogP contribution in [0.2, 0.25) is 0 Å². The molecule has 1 atom stereocenters. The molecule has 1 unspecified atom stereocenters. The van der Waals surface area contributed by atoms with Crippen molar-refractivity contribution in [3.63, 3.8) is 0 Å². The molecule has 30 heavy (non-hydrogen) atoms. The fourth-order valence-electron chi connectivity index (χ4n) is 5.32. The van der Waals surface area contributed by atoms with Crippen LogP contribution in [0.1, 0.15) is 38.7 Å². The zero-order valence-corrected chi connectivity index (χ0v) is 17.6. The fourth-order valence-corrected chi connectivity index (χ4v) is 5.32. The van der Waals surface area contributed by atoms with Crippen LogP contribution in [-0.4, -0.2) is 25.0 Å². The lowest BCUT2D eigenvalue weighted by atomic mass is 9.78. The van der Waals surface area contributed by atoms with Crippen LogP contribution < -0.4 is 15.0 Å². The predicted molar refractivity (Wildman–Crippen MR) is 125 cm³/mol. The standard InChI is InChI=1S/C26H27N3O/c1-25(2)20-12-6-7-13-21(20)28-26(25)17-27-24-19-11-5-4-10-18(19)22(16-23(24)30-26)29-14-8-3-9-15-29/h4-7,10-13,16-17,28H,3,8-9,14-15H2,1-2H3. The van der Waals surface area contributed by atoms with Crippen LogP contribution in [0.15, 0.2) is 59.6 Å². The molecule has 4 nitrogen and oxygen atoms in total. The van der Waals surface area contributed by atoms with E-state index in [1.807, 2.05) is 6.21 Å². The zero-order valence-electron chi connectivity index (χ0n) is 17.6. The number of aliphatic imine (C=N–C) groups is 1. The molecule has 1 N–H and O–H groups in total. The normalized spacial score (nSPS) is 23.7. The molecule has 3 aromatic rings. The van der Waals surface area contributed by atoms with Gasteiger partial charge >= 0.3 is 0 Å². The van der Waals surface area contributed by atoms with Gasteiger partial charge in [-0.25, -0.2) is 0 Å². The largest absolute Gasteiger partial charge is 0.460 e. The molecule has 1 spiro atoms. The van der Waals surface area contributed by atoms with Gasteiger partial charge in [-0.05, 0) is 44.7 Å². The first kappa shape index (κ1) is 17.8. The molecular formula is C26H27N3O. The van der Waals surface area contributed by atoms with Gasteiger partial charge in [0.05, 0.1) is 11.6 Å². The third kappa shape index (κ3) is 2.36. The number of fused-ring (bicyclic) bond motifs is 4. The Morgan fingerprint density at radius 1 is 0.933 bits per heavy atom. The van der Waals surface area contributed by atoms with Gasteiger partial charge in [0.2, 0.25) is 5.72 Å². The fraction of sp³-hybridized carbons (Fsp3) is 0.346. The number of anilines is 2. The molecular weight excluding hydrogens is 370 g/mol. The lowest BCUT2D eigenvalue weighted by molar-refractivity contribution is 0.107. The Bertz CT molecular complexity index is 1180. The van der Waals surface area contributed by atoms with Crippen molar-refractivity contribution in [3.8, 4) is 5.75 Å². The monoisotopic (exact) mass is 397 g/mol. The first-order valence-electron chi connectivity index (χ1n) is 11.0. The molecule has 4 heteroatoms. The molecule has 0 aromatic heterocycles. The summed E-state index contributed by atoms with van der Waals surface area (Å²) >= 11 is 0. The zero-order chi connectivity index (χ0) is 20.3. The maximum absolute atomic E-state index is 6.83.